The van der Waals surface area contributed by atoms with Crippen LogP contribution >= 0.6 is 11.8 Å². The predicted molar refractivity (Wildman–Crippen MR) is 83.2 cm³/mol. The van der Waals surface area contributed by atoms with Gasteiger partial charge in [0, 0.05) is 18.2 Å². The molecule has 0 aliphatic carbocycles. The lowest BCUT2D eigenvalue weighted by Gasteiger charge is -2.49. The van der Waals surface area contributed by atoms with E-state index in [1.54, 1.807) is 20.8 Å². The maximum Gasteiger partial charge on any atom is 0.355 e. The van der Waals surface area contributed by atoms with Crippen LogP contribution < -0.4 is 0 Å². The highest BCUT2D eigenvalue weighted by molar-refractivity contribution is 8.00. The molecule has 3 aliphatic rings. The summed E-state index contributed by atoms with van der Waals surface area (Å²) in [5.41, 5.74) is -0.238. The molecule has 0 radical (unpaired) electrons. The molecular formula is C15H19NO8S. The quantitative estimate of drug-likeness (QED) is 0.321. The van der Waals surface area contributed by atoms with Crippen LogP contribution in [0.4, 0.5) is 0 Å². The highest BCUT2D eigenvalue weighted by atomic mass is 32.2. The second kappa shape index (κ2) is 5.97. The summed E-state index contributed by atoms with van der Waals surface area (Å²) < 4.78 is 10.4. The van der Waals surface area contributed by atoms with E-state index in [2.05, 4.69) is 9.78 Å². The predicted octanol–water partition coefficient (Wildman–Crippen LogP) is 0.285. The highest BCUT2D eigenvalue weighted by Gasteiger charge is 2.70. The van der Waals surface area contributed by atoms with Gasteiger partial charge in [0.2, 0.25) is 5.91 Å². The third-order valence-electron chi connectivity index (χ3n) is 3.74. The third-order valence-corrected chi connectivity index (χ3v) is 5.08. The molecule has 2 fully saturated rings. The molecule has 0 aromatic heterocycles. The number of hydrogen-bond acceptors (Lipinski definition) is 9. The van der Waals surface area contributed by atoms with Gasteiger partial charge in [-0.1, -0.05) is 0 Å². The summed E-state index contributed by atoms with van der Waals surface area (Å²) in [7, 11) is 0. The van der Waals surface area contributed by atoms with E-state index >= 15 is 0 Å². The Morgan fingerprint density at radius 3 is 2.56 bits per heavy atom. The van der Waals surface area contributed by atoms with Crippen molar-refractivity contribution in [2.24, 2.45) is 5.92 Å². The first-order chi connectivity index (χ1) is 11.5. The van der Waals surface area contributed by atoms with Crippen LogP contribution in [0.1, 0.15) is 27.7 Å². The SMILES string of the molecule is CC(=O)OCC1=C(C(=O)OC(C)(C)C)N2C(=O)C(C3(O)OO3)[C@@H]2SC1. The number of carbonyl (C=O) groups excluding carboxylic acids is 3. The van der Waals surface area contributed by atoms with Crippen LogP contribution in [0, 0.1) is 5.92 Å². The van der Waals surface area contributed by atoms with Crippen LogP contribution in [0.5, 0.6) is 0 Å². The van der Waals surface area contributed by atoms with Gasteiger partial charge >= 0.3 is 17.9 Å². The Hall–Kier alpha value is -1.62. The fourth-order valence-electron chi connectivity index (χ4n) is 2.65. The van der Waals surface area contributed by atoms with Gasteiger partial charge in [0.1, 0.15) is 23.3 Å². The Balaban J connectivity index is 1.88. The van der Waals surface area contributed by atoms with Crippen molar-refractivity contribution in [3.8, 4) is 0 Å². The first kappa shape index (κ1) is 18.2. The molecule has 10 heteroatoms. The average molecular weight is 373 g/mol. The van der Waals surface area contributed by atoms with Crippen molar-refractivity contribution < 1.29 is 38.7 Å². The van der Waals surface area contributed by atoms with E-state index in [0.29, 0.717) is 11.3 Å². The van der Waals surface area contributed by atoms with Crippen molar-refractivity contribution in [2.75, 3.05) is 12.4 Å². The second-order valence-corrected chi connectivity index (χ2v) is 8.02. The van der Waals surface area contributed by atoms with E-state index in [1.807, 2.05) is 0 Å². The molecule has 2 saturated heterocycles. The molecule has 0 bridgehead atoms. The van der Waals surface area contributed by atoms with Crippen LogP contribution in [0.3, 0.4) is 0 Å². The standard InChI is InChI=1S/C15H19NO8S/c1-7(17)21-5-8-6-25-12-9(15(20)23-24-15)11(18)16(12)10(8)13(19)22-14(2,3)4/h9,12,20H,5-6H2,1-4H3/t9?,12-/m0/s1. The van der Waals surface area contributed by atoms with Crippen molar-refractivity contribution in [1.29, 1.82) is 0 Å². The summed E-state index contributed by atoms with van der Waals surface area (Å²) >= 11 is 1.32. The molecular weight excluding hydrogens is 354 g/mol. The molecule has 3 rings (SSSR count). The zero-order valence-electron chi connectivity index (χ0n) is 14.2. The number of thioether (sulfide) groups is 1. The van der Waals surface area contributed by atoms with Gasteiger partial charge in [0.15, 0.2) is 5.92 Å². The number of hydrogen-bond donors (Lipinski definition) is 1. The number of nitrogens with zero attached hydrogens (tertiary/aromatic N) is 1. The zero-order chi connectivity index (χ0) is 18.6. The summed E-state index contributed by atoms with van der Waals surface area (Å²) in [4.78, 5) is 46.4. The molecule has 0 spiro atoms. The Kier molecular flexibility index (Phi) is 4.34. The largest absolute Gasteiger partial charge is 0.461 e. The van der Waals surface area contributed by atoms with Crippen molar-refractivity contribution in [2.45, 2.75) is 44.6 Å². The Morgan fingerprint density at radius 1 is 1.40 bits per heavy atom. The van der Waals surface area contributed by atoms with E-state index in [1.165, 1.54) is 23.6 Å². The maximum atomic E-state index is 12.6. The van der Waals surface area contributed by atoms with Gasteiger partial charge in [-0.25, -0.2) is 4.79 Å². The van der Waals surface area contributed by atoms with Gasteiger partial charge in [-0.05, 0) is 20.8 Å². The fourth-order valence-corrected chi connectivity index (χ4v) is 4.08. The van der Waals surface area contributed by atoms with Crippen LogP contribution in [-0.2, 0) is 33.6 Å². The fraction of sp³-hybridized carbons (Fsp3) is 0.667. The number of β-lactam (4-membered cyclic amide) rings is 1. The number of esters is 2. The number of fused-ring (bicyclic) bond motifs is 1. The maximum absolute atomic E-state index is 12.6. The van der Waals surface area contributed by atoms with E-state index in [4.69, 9.17) is 9.47 Å². The minimum absolute atomic E-state index is 0.0467. The molecule has 0 aromatic carbocycles. The summed E-state index contributed by atoms with van der Waals surface area (Å²) in [6.45, 7) is 6.27. The molecule has 1 N–H and O–H groups in total. The lowest BCUT2D eigenvalue weighted by Crippen LogP contribution is -2.66. The first-order valence-corrected chi connectivity index (χ1v) is 8.71. The minimum atomic E-state index is -1.93. The van der Waals surface area contributed by atoms with Gasteiger partial charge in [-0.2, -0.15) is 9.78 Å². The zero-order valence-corrected chi connectivity index (χ0v) is 15.0. The van der Waals surface area contributed by atoms with Gasteiger partial charge in [0.25, 0.3) is 0 Å². The molecule has 9 nitrogen and oxygen atoms in total. The number of amides is 1. The number of carbonyl (C=O) groups is 3. The summed E-state index contributed by atoms with van der Waals surface area (Å²) in [5.74, 6) is -4.22. The molecule has 3 heterocycles. The third kappa shape index (κ3) is 3.39. The average Bonchev–Trinajstić information content (AvgIpc) is 3.20. The Bertz CT molecular complexity index is 663. The van der Waals surface area contributed by atoms with E-state index in [-0.39, 0.29) is 12.3 Å². The van der Waals surface area contributed by atoms with Gasteiger partial charge in [0.05, 0.1) is 0 Å². The number of ether oxygens (including phenoxy) is 2. The molecule has 138 valence electrons. The second-order valence-electron chi connectivity index (χ2n) is 6.92. The molecule has 3 aliphatic heterocycles. The van der Waals surface area contributed by atoms with Crippen LogP contribution in [0.25, 0.3) is 0 Å². The van der Waals surface area contributed by atoms with E-state index < -0.39 is 40.7 Å². The van der Waals surface area contributed by atoms with Crippen molar-refractivity contribution >= 4 is 29.6 Å². The minimum Gasteiger partial charge on any atom is -0.461 e. The summed E-state index contributed by atoms with van der Waals surface area (Å²) in [6.07, 6.45) is 0. The van der Waals surface area contributed by atoms with Crippen LogP contribution in [0.15, 0.2) is 11.3 Å². The normalized spacial score (nSPS) is 27.4. The first-order valence-electron chi connectivity index (χ1n) is 7.66. The highest BCUT2D eigenvalue weighted by Crippen LogP contribution is 2.52. The monoisotopic (exact) mass is 373 g/mol. The summed E-state index contributed by atoms with van der Waals surface area (Å²) in [5, 5.41) is 9.38. The molecule has 1 amide bonds. The molecule has 2 atom stereocenters. The smallest absolute Gasteiger partial charge is 0.355 e. The van der Waals surface area contributed by atoms with Crippen molar-refractivity contribution in [3.05, 3.63) is 11.3 Å². The molecule has 0 aromatic rings. The number of rotatable bonds is 4. The summed E-state index contributed by atoms with van der Waals surface area (Å²) in [6, 6.07) is 0. The van der Waals surface area contributed by atoms with Crippen LogP contribution in [0.2, 0.25) is 0 Å². The molecule has 25 heavy (non-hydrogen) atoms. The van der Waals surface area contributed by atoms with E-state index in [0.717, 1.165) is 0 Å². The van der Waals surface area contributed by atoms with Gasteiger partial charge in [-0.3, -0.25) is 14.5 Å². The van der Waals surface area contributed by atoms with Crippen molar-refractivity contribution in [1.82, 2.24) is 4.90 Å². The number of aliphatic hydroxyl groups is 1. The Morgan fingerprint density at radius 2 is 2.04 bits per heavy atom. The molecule has 0 saturated carbocycles. The van der Waals surface area contributed by atoms with Crippen LogP contribution in [-0.4, -0.2) is 57.2 Å². The van der Waals surface area contributed by atoms with Gasteiger partial charge < -0.3 is 14.6 Å². The lowest BCUT2D eigenvalue weighted by molar-refractivity contribution is -0.173. The van der Waals surface area contributed by atoms with Crippen molar-refractivity contribution in [3.63, 3.8) is 0 Å². The lowest BCUT2D eigenvalue weighted by atomic mass is 9.93. The van der Waals surface area contributed by atoms with Gasteiger partial charge in [-0.15, -0.1) is 11.8 Å². The Labute approximate surface area is 148 Å². The topological polar surface area (TPSA) is 118 Å². The van der Waals surface area contributed by atoms with E-state index in [9.17, 15) is 19.5 Å². The molecule has 1 unspecified atom stereocenters.